The maximum atomic E-state index is 12.3. The molecule has 152 valence electrons. The second-order valence-corrected chi connectivity index (χ2v) is 7.11. The lowest BCUT2D eigenvalue weighted by Crippen LogP contribution is -2.46. The Morgan fingerprint density at radius 1 is 1.14 bits per heavy atom. The van der Waals surface area contributed by atoms with E-state index in [0.717, 1.165) is 29.7 Å². The van der Waals surface area contributed by atoms with Gasteiger partial charge in [-0.05, 0) is 54.7 Å². The van der Waals surface area contributed by atoms with Crippen molar-refractivity contribution in [3.63, 3.8) is 0 Å². The SMILES string of the molecule is COc1ccc2c(c1)CCC[C@@]2(O)CNC(=O)C(=O)Nc1ccc2c(c1)OCO2. The summed E-state index contributed by atoms with van der Waals surface area (Å²) in [5, 5.41) is 16.2. The summed E-state index contributed by atoms with van der Waals surface area (Å²) >= 11 is 0. The fraction of sp³-hybridized carbons (Fsp3) is 0.333. The molecular weight excluding hydrogens is 376 g/mol. The zero-order valence-electron chi connectivity index (χ0n) is 16.0. The molecule has 2 amide bonds. The molecule has 0 radical (unpaired) electrons. The zero-order chi connectivity index (χ0) is 20.4. The minimum atomic E-state index is -1.23. The van der Waals surface area contributed by atoms with E-state index in [0.29, 0.717) is 23.6 Å². The maximum absolute atomic E-state index is 12.3. The first-order chi connectivity index (χ1) is 14.0. The van der Waals surface area contributed by atoms with Gasteiger partial charge in [-0.3, -0.25) is 9.59 Å². The third-order valence-corrected chi connectivity index (χ3v) is 5.23. The predicted octanol–water partition coefficient (Wildman–Crippen LogP) is 1.70. The lowest BCUT2D eigenvalue weighted by atomic mass is 9.79. The molecule has 1 aliphatic heterocycles. The number of fused-ring (bicyclic) bond motifs is 2. The quantitative estimate of drug-likeness (QED) is 0.677. The average molecular weight is 398 g/mol. The summed E-state index contributed by atoms with van der Waals surface area (Å²) in [6.07, 6.45) is 2.10. The molecule has 2 aliphatic rings. The third-order valence-electron chi connectivity index (χ3n) is 5.23. The van der Waals surface area contributed by atoms with Crippen molar-refractivity contribution >= 4 is 17.5 Å². The lowest BCUT2D eigenvalue weighted by molar-refractivity contribution is -0.137. The smallest absolute Gasteiger partial charge is 0.313 e. The number of aryl methyl sites for hydroxylation is 1. The van der Waals surface area contributed by atoms with Gasteiger partial charge in [-0.25, -0.2) is 0 Å². The summed E-state index contributed by atoms with van der Waals surface area (Å²) in [5.74, 6) is 0.170. The topological polar surface area (TPSA) is 106 Å². The average Bonchev–Trinajstić information content (AvgIpc) is 3.19. The van der Waals surface area contributed by atoms with Crippen LogP contribution in [0.25, 0.3) is 0 Å². The number of carbonyl (C=O) groups excluding carboxylic acids is 2. The Morgan fingerprint density at radius 2 is 1.97 bits per heavy atom. The van der Waals surface area contributed by atoms with Gasteiger partial charge in [0.2, 0.25) is 6.79 Å². The molecule has 0 saturated carbocycles. The standard InChI is InChI=1S/C21H22N2O6/c1-27-15-5-6-16-13(9-15)3-2-8-21(16,26)11-22-19(24)20(25)23-14-4-7-17-18(10-14)29-12-28-17/h4-7,9-10,26H,2-3,8,11-12H2,1H3,(H,22,24)(H,23,25)/t21-/m1/s1. The van der Waals surface area contributed by atoms with Crippen LogP contribution in [0.5, 0.6) is 17.2 Å². The number of nitrogens with one attached hydrogen (secondary N) is 2. The highest BCUT2D eigenvalue weighted by Crippen LogP contribution is 2.37. The van der Waals surface area contributed by atoms with E-state index in [1.807, 2.05) is 12.1 Å². The van der Waals surface area contributed by atoms with Gasteiger partial charge in [-0.1, -0.05) is 6.07 Å². The molecule has 1 atom stereocenters. The van der Waals surface area contributed by atoms with Gasteiger partial charge in [-0.2, -0.15) is 0 Å². The summed E-state index contributed by atoms with van der Waals surface area (Å²) < 4.78 is 15.7. The Balaban J connectivity index is 1.40. The molecule has 8 nitrogen and oxygen atoms in total. The summed E-state index contributed by atoms with van der Waals surface area (Å²) in [7, 11) is 1.59. The summed E-state index contributed by atoms with van der Waals surface area (Å²) in [5.41, 5.74) is 0.926. The first-order valence-corrected chi connectivity index (χ1v) is 9.37. The minimum absolute atomic E-state index is 0.0558. The van der Waals surface area contributed by atoms with Crippen LogP contribution in [0.2, 0.25) is 0 Å². The van der Waals surface area contributed by atoms with E-state index >= 15 is 0 Å². The van der Waals surface area contributed by atoms with Crippen molar-refractivity contribution < 1.29 is 28.9 Å². The van der Waals surface area contributed by atoms with E-state index in [1.54, 1.807) is 31.4 Å². The monoisotopic (exact) mass is 398 g/mol. The highest BCUT2D eigenvalue weighted by molar-refractivity contribution is 6.39. The second kappa shape index (κ2) is 7.63. The zero-order valence-corrected chi connectivity index (χ0v) is 16.0. The van der Waals surface area contributed by atoms with Gasteiger partial charge in [0.1, 0.15) is 11.4 Å². The van der Waals surface area contributed by atoms with Crippen LogP contribution in [0.3, 0.4) is 0 Å². The van der Waals surface area contributed by atoms with Crippen LogP contribution in [-0.4, -0.2) is 37.4 Å². The number of amides is 2. The van der Waals surface area contributed by atoms with Crippen molar-refractivity contribution in [1.82, 2.24) is 5.32 Å². The van der Waals surface area contributed by atoms with Gasteiger partial charge in [0.05, 0.1) is 13.7 Å². The van der Waals surface area contributed by atoms with E-state index in [4.69, 9.17) is 14.2 Å². The predicted molar refractivity (Wildman–Crippen MR) is 104 cm³/mol. The number of benzene rings is 2. The molecule has 0 bridgehead atoms. The number of anilines is 1. The summed E-state index contributed by atoms with van der Waals surface area (Å²) in [6, 6.07) is 10.4. The highest BCUT2D eigenvalue weighted by atomic mass is 16.7. The number of aliphatic hydroxyl groups is 1. The number of hydrogen-bond acceptors (Lipinski definition) is 6. The van der Waals surface area contributed by atoms with Crippen molar-refractivity contribution in [3.8, 4) is 17.2 Å². The molecule has 8 heteroatoms. The first-order valence-electron chi connectivity index (χ1n) is 9.37. The number of methoxy groups -OCH3 is 1. The lowest BCUT2D eigenvalue weighted by Gasteiger charge is -2.34. The molecule has 2 aromatic rings. The van der Waals surface area contributed by atoms with E-state index in [-0.39, 0.29) is 13.3 Å². The number of hydrogen-bond donors (Lipinski definition) is 3. The molecule has 0 spiro atoms. The van der Waals surface area contributed by atoms with E-state index in [2.05, 4.69) is 10.6 Å². The Bertz CT molecular complexity index is 960. The Kier molecular flexibility index (Phi) is 5.02. The van der Waals surface area contributed by atoms with Crippen molar-refractivity contribution in [1.29, 1.82) is 0 Å². The van der Waals surface area contributed by atoms with Crippen molar-refractivity contribution in [2.24, 2.45) is 0 Å². The van der Waals surface area contributed by atoms with Gasteiger partial charge in [-0.15, -0.1) is 0 Å². The Labute approximate surface area is 167 Å². The fourth-order valence-electron chi connectivity index (χ4n) is 3.72. The number of carbonyl (C=O) groups is 2. The Morgan fingerprint density at radius 3 is 2.79 bits per heavy atom. The van der Waals surface area contributed by atoms with Crippen LogP contribution in [-0.2, 0) is 21.6 Å². The normalized spacial score (nSPS) is 19.2. The van der Waals surface area contributed by atoms with Crippen LogP contribution in [0.4, 0.5) is 5.69 Å². The van der Waals surface area contributed by atoms with Crippen LogP contribution >= 0.6 is 0 Å². The summed E-state index contributed by atoms with van der Waals surface area (Å²) in [6.45, 7) is 0.0683. The van der Waals surface area contributed by atoms with Gasteiger partial charge in [0.15, 0.2) is 11.5 Å². The molecule has 0 fully saturated rings. The highest BCUT2D eigenvalue weighted by Gasteiger charge is 2.35. The number of rotatable bonds is 4. The van der Waals surface area contributed by atoms with E-state index in [9.17, 15) is 14.7 Å². The molecule has 0 unspecified atom stereocenters. The summed E-state index contributed by atoms with van der Waals surface area (Å²) in [4.78, 5) is 24.5. The van der Waals surface area contributed by atoms with Gasteiger partial charge >= 0.3 is 11.8 Å². The van der Waals surface area contributed by atoms with Gasteiger partial charge in [0, 0.05) is 11.8 Å². The molecule has 1 aliphatic carbocycles. The minimum Gasteiger partial charge on any atom is -0.497 e. The van der Waals surface area contributed by atoms with E-state index < -0.39 is 17.4 Å². The van der Waals surface area contributed by atoms with Crippen LogP contribution in [0, 0.1) is 0 Å². The fourth-order valence-corrected chi connectivity index (χ4v) is 3.72. The molecule has 0 aromatic heterocycles. The van der Waals surface area contributed by atoms with Gasteiger partial charge in [0.25, 0.3) is 0 Å². The molecular formula is C21H22N2O6. The molecule has 4 rings (SSSR count). The maximum Gasteiger partial charge on any atom is 0.313 e. The van der Waals surface area contributed by atoms with Crippen molar-refractivity contribution in [2.75, 3.05) is 25.8 Å². The van der Waals surface area contributed by atoms with Gasteiger partial charge < -0.3 is 30.0 Å². The van der Waals surface area contributed by atoms with Crippen molar-refractivity contribution in [2.45, 2.75) is 24.9 Å². The largest absolute Gasteiger partial charge is 0.497 e. The molecule has 1 heterocycles. The molecule has 29 heavy (non-hydrogen) atoms. The first kappa shape index (κ1) is 19.1. The molecule has 0 saturated heterocycles. The van der Waals surface area contributed by atoms with Crippen LogP contribution < -0.4 is 24.8 Å². The number of ether oxygens (including phenoxy) is 3. The molecule has 2 aromatic carbocycles. The van der Waals surface area contributed by atoms with Crippen LogP contribution in [0.1, 0.15) is 24.0 Å². The van der Waals surface area contributed by atoms with Crippen molar-refractivity contribution in [3.05, 3.63) is 47.5 Å². The molecule has 3 N–H and O–H groups in total. The Hall–Kier alpha value is -3.26. The third kappa shape index (κ3) is 3.84. The van der Waals surface area contributed by atoms with Crippen LogP contribution in [0.15, 0.2) is 36.4 Å². The van der Waals surface area contributed by atoms with E-state index in [1.165, 1.54) is 0 Å². The second-order valence-electron chi connectivity index (χ2n) is 7.11.